The zero-order valence-corrected chi connectivity index (χ0v) is 18.3. The first-order chi connectivity index (χ1) is 15.3. The van der Waals surface area contributed by atoms with E-state index in [2.05, 4.69) is 16.8 Å². The summed E-state index contributed by atoms with van der Waals surface area (Å²) >= 11 is 0. The highest BCUT2D eigenvalue weighted by atomic mass is 19.4. The van der Waals surface area contributed by atoms with Crippen molar-refractivity contribution >= 4 is 5.91 Å². The molecule has 2 aromatic rings. The van der Waals surface area contributed by atoms with Gasteiger partial charge in [-0.25, -0.2) is 4.98 Å². The van der Waals surface area contributed by atoms with Gasteiger partial charge in [0.25, 0.3) is 5.91 Å². The van der Waals surface area contributed by atoms with E-state index in [1.165, 1.54) is 12.3 Å². The van der Waals surface area contributed by atoms with Crippen LogP contribution in [0.2, 0.25) is 0 Å². The first-order valence-electron chi connectivity index (χ1n) is 11.1. The van der Waals surface area contributed by atoms with E-state index in [1.807, 2.05) is 9.80 Å². The average Bonchev–Trinajstić information content (AvgIpc) is 3.23. The van der Waals surface area contributed by atoms with Crippen LogP contribution in [0.5, 0.6) is 0 Å². The molecule has 32 heavy (non-hydrogen) atoms. The van der Waals surface area contributed by atoms with Crippen LogP contribution in [-0.2, 0) is 19.3 Å². The lowest BCUT2D eigenvalue weighted by atomic mass is 9.99. The smallest absolute Gasteiger partial charge is 0.416 e. The third-order valence-corrected chi connectivity index (χ3v) is 6.38. The highest BCUT2D eigenvalue weighted by Crippen LogP contribution is 2.32. The Balaban J connectivity index is 1.28. The van der Waals surface area contributed by atoms with Gasteiger partial charge in [0.2, 0.25) is 5.89 Å². The van der Waals surface area contributed by atoms with Gasteiger partial charge in [0.15, 0.2) is 5.69 Å². The summed E-state index contributed by atoms with van der Waals surface area (Å²) in [5.41, 5.74) is 0.0796. The average molecular weight is 451 g/mol. The number of aromatic nitrogens is 1. The van der Waals surface area contributed by atoms with Crippen molar-refractivity contribution in [1.29, 1.82) is 0 Å². The highest BCUT2D eigenvalue weighted by molar-refractivity contribution is 5.92. The van der Waals surface area contributed by atoms with E-state index < -0.39 is 11.7 Å². The van der Waals surface area contributed by atoms with Crippen molar-refractivity contribution in [3.8, 4) is 0 Å². The SMILES string of the molecule is CC1CCN(C(=O)c2coc(CN3CCN(Cc4ccccc4C(F)(F)F)CC3)n2)CC1. The lowest BCUT2D eigenvalue weighted by Gasteiger charge is -2.34. The van der Waals surface area contributed by atoms with Gasteiger partial charge in [-0.05, 0) is 30.4 Å². The molecule has 3 heterocycles. The van der Waals surface area contributed by atoms with Gasteiger partial charge >= 0.3 is 6.18 Å². The molecule has 0 radical (unpaired) electrons. The number of piperidine rings is 1. The second-order valence-corrected chi connectivity index (χ2v) is 8.81. The Hall–Kier alpha value is -2.39. The zero-order chi connectivity index (χ0) is 22.7. The van der Waals surface area contributed by atoms with Gasteiger partial charge in [0.05, 0.1) is 12.1 Å². The lowest BCUT2D eigenvalue weighted by Crippen LogP contribution is -2.45. The number of amides is 1. The normalized spacial score (nSPS) is 19.4. The molecule has 0 unspecified atom stereocenters. The molecule has 0 spiro atoms. The monoisotopic (exact) mass is 450 g/mol. The van der Waals surface area contributed by atoms with Gasteiger partial charge < -0.3 is 9.32 Å². The number of halogens is 3. The number of piperazine rings is 1. The fourth-order valence-corrected chi connectivity index (χ4v) is 4.33. The van der Waals surface area contributed by atoms with E-state index in [9.17, 15) is 18.0 Å². The third kappa shape index (κ3) is 5.50. The van der Waals surface area contributed by atoms with Crippen LogP contribution in [0, 0.1) is 5.92 Å². The van der Waals surface area contributed by atoms with Crippen molar-refractivity contribution in [3.05, 3.63) is 53.2 Å². The summed E-state index contributed by atoms with van der Waals surface area (Å²) in [4.78, 5) is 23.0. The van der Waals surface area contributed by atoms with Crippen molar-refractivity contribution < 1.29 is 22.4 Å². The molecule has 2 fully saturated rings. The van der Waals surface area contributed by atoms with Crippen molar-refractivity contribution in [1.82, 2.24) is 19.7 Å². The molecule has 2 aliphatic heterocycles. The molecule has 1 aromatic carbocycles. The Labute approximate surface area is 186 Å². The van der Waals surface area contributed by atoms with Crippen LogP contribution in [0.25, 0.3) is 0 Å². The van der Waals surface area contributed by atoms with Crippen LogP contribution in [0.15, 0.2) is 34.9 Å². The maximum absolute atomic E-state index is 13.2. The predicted octanol–water partition coefficient (Wildman–Crippen LogP) is 3.88. The van der Waals surface area contributed by atoms with Crippen LogP contribution in [0.3, 0.4) is 0 Å². The van der Waals surface area contributed by atoms with Crippen molar-refractivity contribution in [3.63, 3.8) is 0 Å². The molecule has 0 saturated carbocycles. The van der Waals surface area contributed by atoms with Gasteiger partial charge in [-0.3, -0.25) is 14.6 Å². The van der Waals surface area contributed by atoms with Crippen LogP contribution < -0.4 is 0 Å². The van der Waals surface area contributed by atoms with E-state index in [0.29, 0.717) is 55.8 Å². The number of carbonyl (C=O) groups excluding carboxylic acids is 1. The number of hydrogen-bond acceptors (Lipinski definition) is 5. The van der Waals surface area contributed by atoms with E-state index in [1.54, 1.807) is 12.1 Å². The highest BCUT2D eigenvalue weighted by Gasteiger charge is 2.33. The third-order valence-electron chi connectivity index (χ3n) is 6.38. The molecule has 174 valence electrons. The standard InChI is InChI=1S/C23H29F3N4O2/c1-17-6-8-30(9-7-17)22(31)20-16-32-21(27-20)15-29-12-10-28(11-13-29)14-18-4-2-3-5-19(18)23(24,25)26/h2-5,16-17H,6-15H2,1H3. The molecule has 0 bridgehead atoms. The molecule has 2 aliphatic rings. The molecular formula is C23H29F3N4O2. The Kier molecular flexibility index (Phi) is 6.85. The molecular weight excluding hydrogens is 421 g/mol. The maximum atomic E-state index is 13.2. The molecule has 9 heteroatoms. The first kappa shape index (κ1) is 22.8. The van der Waals surface area contributed by atoms with Gasteiger partial charge in [-0.2, -0.15) is 13.2 Å². The molecule has 2 saturated heterocycles. The fourth-order valence-electron chi connectivity index (χ4n) is 4.33. The van der Waals surface area contributed by atoms with Crippen LogP contribution in [0.1, 0.15) is 47.3 Å². The van der Waals surface area contributed by atoms with Gasteiger partial charge in [-0.1, -0.05) is 25.1 Å². The Morgan fingerprint density at radius 3 is 2.31 bits per heavy atom. The number of alkyl halides is 3. The van der Waals surface area contributed by atoms with Crippen LogP contribution in [-0.4, -0.2) is 64.9 Å². The predicted molar refractivity (Wildman–Crippen MR) is 113 cm³/mol. The molecule has 4 rings (SSSR count). The van der Waals surface area contributed by atoms with Gasteiger partial charge in [0.1, 0.15) is 6.26 Å². The lowest BCUT2D eigenvalue weighted by molar-refractivity contribution is -0.138. The van der Waals surface area contributed by atoms with Crippen LogP contribution >= 0.6 is 0 Å². The topological polar surface area (TPSA) is 52.8 Å². The number of hydrogen-bond donors (Lipinski definition) is 0. The quantitative estimate of drug-likeness (QED) is 0.692. The summed E-state index contributed by atoms with van der Waals surface area (Å²) in [6, 6.07) is 5.75. The van der Waals surface area contributed by atoms with Gasteiger partial charge in [-0.15, -0.1) is 0 Å². The van der Waals surface area contributed by atoms with E-state index in [-0.39, 0.29) is 12.5 Å². The van der Waals surface area contributed by atoms with Crippen LogP contribution in [0.4, 0.5) is 13.2 Å². The molecule has 1 aromatic heterocycles. The van der Waals surface area contributed by atoms with Gasteiger partial charge in [0, 0.05) is 45.8 Å². The number of benzene rings is 1. The Morgan fingerprint density at radius 2 is 1.66 bits per heavy atom. The number of nitrogens with zero attached hydrogens (tertiary/aromatic N) is 4. The Bertz CT molecular complexity index is 914. The summed E-state index contributed by atoms with van der Waals surface area (Å²) in [6.45, 7) is 7.17. The summed E-state index contributed by atoms with van der Waals surface area (Å²) in [5.74, 6) is 1.06. The Morgan fingerprint density at radius 1 is 1.03 bits per heavy atom. The van der Waals surface area contributed by atoms with E-state index in [4.69, 9.17) is 4.42 Å². The summed E-state index contributed by atoms with van der Waals surface area (Å²) in [5, 5.41) is 0. The summed E-state index contributed by atoms with van der Waals surface area (Å²) in [7, 11) is 0. The van der Waals surface area contributed by atoms with Crippen molar-refractivity contribution in [2.24, 2.45) is 5.92 Å². The molecule has 0 atom stereocenters. The summed E-state index contributed by atoms with van der Waals surface area (Å²) < 4.78 is 45.2. The minimum Gasteiger partial charge on any atom is -0.447 e. The minimum atomic E-state index is -4.34. The first-order valence-corrected chi connectivity index (χ1v) is 11.1. The zero-order valence-electron chi connectivity index (χ0n) is 18.3. The number of carbonyl (C=O) groups is 1. The number of likely N-dealkylation sites (tertiary alicyclic amines) is 1. The minimum absolute atomic E-state index is 0.0833. The number of rotatable bonds is 5. The van der Waals surface area contributed by atoms with Crippen molar-refractivity contribution in [2.75, 3.05) is 39.3 Å². The summed E-state index contributed by atoms with van der Waals surface area (Å²) in [6.07, 6.45) is -0.896. The number of oxazole rings is 1. The second kappa shape index (κ2) is 9.62. The van der Waals surface area contributed by atoms with E-state index in [0.717, 1.165) is 32.0 Å². The molecule has 0 aliphatic carbocycles. The maximum Gasteiger partial charge on any atom is 0.416 e. The van der Waals surface area contributed by atoms with Crippen molar-refractivity contribution in [2.45, 2.75) is 39.0 Å². The second-order valence-electron chi connectivity index (χ2n) is 8.81. The molecule has 1 amide bonds. The largest absolute Gasteiger partial charge is 0.447 e. The molecule has 0 N–H and O–H groups in total. The molecule has 6 nitrogen and oxygen atoms in total. The fraction of sp³-hybridized carbons (Fsp3) is 0.565. The van der Waals surface area contributed by atoms with E-state index >= 15 is 0 Å².